The Bertz CT molecular complexity index is 655. The van der Waals surface area contributed by atoms with Crippen molar-refractivity contribution in [2.24, 2.45) is 10.7 Å². The standard InChI is InChI=1S/C17H20FN3O.HI/c1-12-3-9-15(10-4-12)21-16(19)20-11-17(2,22)13-5-7-14(18)8-6-13;/h3-10,22H,11H2,1-2H3,(H3,19,20,21);1H. The molecule has 0 saturated heterocycles. The van der Waals surface area contributed by atoms with E-state index >= 15 is 0 Å². The number of nitrogens with one attached hydrogen (secondary N) is 1. The maximum absolute atomic E-state index is 12.9. The summed E-state index contributed by atoms with van der Waals surface area (Å²) >= 11 is 0. The molecule has 4 N–H and O–H groups in total. The number of halogens is 2. The summed E-state index contributed by atoms with van der Waals surface area (Å²) in [6.45, 7) is 3.69. The number of aliphatic imine (C=N–C) groups is 1. The van der Waals surface area contributed by atoms with Crippen molar-refractivity contribution < 1.29 is 9.50 Å². The molecule has 2 aromatic carbocycles. The van der Waals surface area contributed by atoms with E-state index in [1.165, 1.54) is 24.3 Å². The predicted molar refractivity (Wildman–Crippen MR) is 103 cm³/mol. The van der Waals surface area contributed by atoms with Crippen molar-refractivity contribution in [3.05, 3.63) is 65.5 Å². The van der Waals surface area contributed by atoms with Crippen LogP contribution < -0.4 is 11.1 Å². The van der Waals surface area contributed by atoms with Crippen molar-refractivity contribution in [2.75, 3.05) is 11.9 Å². The summed E-state index contributed by atoms with van der Waals surface area (Å²) in [4.78, 5) is 4.15. The summed E-state index contributed by atoms with van der Waals surface area (Å²) in [5.74, 6) is -0.130. The first kappa shape index (κ1) is 19.4. The second-order valence-electron chi connectivity index (χ2n) is 5.47. The van der Waals surface area contributed by atoms with Crippen molar-refractivity contribution in [2.45, 2.75) is 19.4 Å². The Morgan fingerprint density at radius 1 is 1.17 bits per heavy atom. The van der Waals surface area contributed by atoms with E-state index in [-0.39, 0.29) is 42.3 Å². The normalized spacial score (nSPS) is 13.8. The van der Waals surface area contributed by atoms with Crippen LogP contribution in [0.4, 0.5) is 10.1 Å². The number of benzene rings is 2. The predicted octanol–water partition coefficient (Wildman–Crippen LogP) is 3.39. The van der Waals surface area contributed by atoms with E-state index in [0.717, 1.165) is 11.3 Å². The maximum Gasteiger partial charge on any atom is 0.193 e. The second-order valence-corrected chi connectivity index (χ2v) is 5.47. The number of guanidine groups is 1. The molecule has 4 nitrogen and oxygen atoms in total. The van der Waals surface area contributed by atoms with Gasteiger partial charge >= 0.3 is 0 Å². The van der Waals surface area contributed by atoms with Crippen LogP contribution in [0.3, 0.4) is 0 Å². The highest BCUT2D eigenvalue weighted by Crippen LogP contribution is 2.21. The molecule has 0 saturated carbocycles. The highest BCUT2D eigenvalue weighted by atomic mass is 127. The molecule has 0 radical (unpaired) electrons. The number of rotatable bonds is 4. The van der Waals surface area contributed by atoms with Gasteiger partial charge in [0, 0.05) is 5.69 Å². The van der Waals surface area contributed by atoms with E-state index in [0.29, 0.717) is 5.56 Å². The van der Waals surface area contributed by atoms with Crippen molar-refractivity contribution in [3.8, 4) is 0 Å². The molecule has 0 aliphatic carbocycles. The number of nitrogens with two attached hydrogens (primary N) is 1. The molecule has 0 heterocycles. The van der Waals surface area contributed by atoms with Gasteiger partial charge in [-0.2, -0.15) is 0 Å². The van der Waals surface area contributed by atoms with E-state index in [1.54, 1.807) is 6.92 Å². The van der Waals surface area contributed by atoms with Gasteiger partial charge in [-0.05, 0) is 43.7 Å². The van der Waals surface area contributed by atoms with E-state index in [2.05, 4.69) is 10.3 Å². The van der Waals surface area contributed by atoms with Crippen LogP contribution in [0.2, 0.25) is 0 Å². The quantitative estimate of drug-likeness (QED) is 0.397. The Morgan fingerprint density at radius 2 is 1.74 bits per heavy atom. The van der Waals surface area contributed by atoms with Gasteiger partial charge in [-0.1, -0.05) is 29.8 Å². The molecule has 1 atom stereocenters. The molecule has 0 spiro atoms. The molecule has 0 aromatic heterocycles. The summed E-state index contributed by atoms with van der Waals surface area (Å²) in [6.07, 6.45) is 0. The van der Waals surface area contributed by atoms with Crippen LogP contribution in [0.15, 0.2) is 53.5 Å². The van der Waals surface area contributed by atoms with Gasteiger partial charge in [0.05, 0.1) is 6.54 Å². The van der Waals surface area contributed by atoms with Crippen LogP contribution in [-0.2, 0) is 5.60 Å². The number of hydrogen-bond acceptors (Lipinski definition) is 2. The zero-order valence-corrected chi connectivity index (χ0v) is 15.4. The van der Waals surface area contributed by atoms with Gasteiger partial charge < -0.3 is 16.2 Å². The Hall–Kier alpha value is -1.67. The van der Waals surface area contributed by atoms with Gasteiger partial charge in [-0.3, -0.25) is 0 Å². The Balaban J connectivity index is 0.00000264. The molecule has 0 aliphatic heterocycles. The van der Waals surface area contributed by atoms with Crippen molar-refractivity contribution in [3.63, 3.8) is 0 Å². The van der Waals surface area contributed by atoms with Crippen molar-refractivity contribution >= 4 is 35.6 Å². The molecule has 0 amide bonds. The van der Waals surface area contributed by atoms with E-state index in [9.17, 15) is 9.50 Å². The Morgan fingerprint density at radius 3 is 2.30 bits per heavy atom. The molecule has 23 heavy (non-hydrogen) atoms. The third-order valence-electron chi connectivity index (χ3n) is 3.35. The molecule has 2 rings (SSSR count). The van der Waals surface area contributed by atoms with Crippen LogP contribution >= 0.6 is 24.0 Å². The Kier molecular flexibility index (Phi) is 6.96. The zero-order valence-electron chi connectivity index (χ0n) is 13.1. The van der Waals surface area contributed by atoms with Gasteiger partial charge in [0.1, 0.15) is 11.4 Å². The number of anilines is 1. The SMILES string of the molecule is Cc1ccc(NC(N)=NCC(C)(O)c2ccc(F)cc2)cc1.I. The first-order valence-electron chi connectivity index (χ1n) is 6.99. The number of aliphatic hydroxyl groups is 1. The lowest BCUT2D eigenvalue weighted by atomic mass is 9.96. The fourth-order valence-corrected chi connectivity index (χ4v) is 1.96. The molecule has 2 aromatic rings. The smallest absolute Gasteiger partial charge is 0.193 e. The highest BCUT2D eigenvalue weighted by molar-refractivity contribution is 14.0. The third kappa shape index (κ3) is 5.80. The first-order valence-corrected chi connectivity index (χ1v) is 6.99. The molecular weight excluding hydrogens is 408 g/mol. The van der Waals surface area contributed by atoms with Gasteiger partial charge in [0.15, 0.2) is 5.96 Å². The molecule has 0 bridgehead atoms. The van der Waals surface area contributed by atoms with E-state index in [1.807, 2.05) is 31.2 Å². The van der Waals surface area contributed by atoms with Gasteiger partial charge in [-0.25, -0.2) is 9.38 Å². The summed E-state index contributed by atoms with van der Waals surface area (Å²) in [5.41, 5.74) is 7.17. The molecule has 0 aliphatic rings. The van der Waals surface area contributed by atoms with Crippen molar-refractivity contribution in [1.82, 2.24) is 0 Å². The summed E-state index contributed by atoms with van der Waals surface area (Å²) < 4.78 is 12.9. The minimum absolute atomic E-state index is 0. The number of nitrogens with zero attached hydrogens (tertiary/aromatic N) is 1. The molecule has 0 fully saturated rings. The van der Waals surface area contributed by atoms with Crippen LogP contribution in [-0.4, -0.2) is 17.6 Å². The fraction of sp³-hybridized carbons (Fsp3) is 0.235. The minimum Gasteiger partial charge on any atom is -0.384 e. The van der Waals surface area contributed by atoms with E-state index < -0.39 is 5.60 Å². The van der Waals surface area contributed by atoms with Crippen LogP contribution in [0.5, 0.6) is 0 Å². The maximum atomic E-state index is 12.9. The molecule has 6 heteroatoms. The van der Waals surface area contributed by atoms with Crippen molar-refractivity contribution in [1.29, 1.82) is 0 Å². The summed E-state index contributed by atoms with van der Waals surface area (Å²) in [5, 5.41) is 13.4. The van der Waals surface area contributed by atoms with Gasteiger partial charge in [0.2, 0.25) is 0 Å². The fourth-order valence-electron chi connectivity index (χ4n) is 1.96. The largest absolute Gasteiger partial charge is 0.384 e. The minimum atomic E-state index is -1.22. The van der Waals surface area contributed by atoms with E-state index in [4.69, 9.17) is 5.73 Å². The molecule has 1 unspecified atom stereocenters. The zero-order chi connectivity index (χ0) is 16.2. The van der Waals surface area contributed by atoms with Crippen LogP contribution in [0, 0.1) is 12.7 Å². The first-order chi connectivity index (χ1) is 10.4. The summed E-state index contributed by atoms with van der Waals surface area (Å²) in [7, 11) is 0. The number of hydrogen-bond donors (Lipinski definition) is 3. The second kappa shape index (κ2) is 8.26. The molecule has 124 valence electrons. The lowest BCUT2D eigenvalue weighted by Crippen LogP contribution is -2.29. The average Bonchev–Trinajstić information content (AvgIpc) is 2.48. The average molecular weight is 429 g/mol. The number of aryl methyl sites for hydroxylation is 1. The topological polar surface area (TPSA) is 70.6 Å². The monoisotopic (exact) mass is 429 g/mol. The Labute approximate surface area is 152 Å². The van der Waals surface area contributed by atoms with Crippen LogP contribution in [0.1, 0.15) is 18.1 Å². The van der Waals surface area contributed by atoms with Crippen LogP contribution in [0.25, 0.3) is 0 Å². The summed E-state index contributed by atoms with van der Waals surface area (Å²) in [6, 6.07) is 13.4. The van der Waals surface area contributed by atoms with Gasteiger partial charge in [-0.15, -0.1) is 24.0 Å². The lowest BCUT2D eigenvalue weighted by molar-refractivity contribution is 0.0673. The molecular formula is C17H21FIN3O. The lowest BCUT2D eigenvalue weighted by Gasteiger charge is -2.22. The van der Waals surface area contributed by atoms with Gasteiger partial charge in [0.25, 0.3) is 0 Å². The third-order valence-corrected chi connectivity index (χ3v) is 3.35. The highest BCUT2D eigenvalue weighted by Gasteiger charge is 2.22.